The maximum Gasteiger partial charge on any atom is 0.340 e. The van der Waals surface area contributed by atoms with Crippen molar-refractivity contribution in [2.75, 3.05) is 12.4 Å². The maximum absolute atomic E-state index is 13.3. The molecule has 3 rings (SSSR count). The van der Waals surface area contributed by atoms with Gasteiger partial charge in [-0.1, -0.05) is 48.5 Å². The number of hydrogen-bond donors (Lipinski definition) is 1. The van der Waals surface area contributed by atoms with E-state index in [0.29, 0.717) is 16.7 Å². The molecule has 0 bridgehead atoms. The van der Waals surface area contributed by atoms with Gasteiger partial charge in [0.25, 0.3) is 5.69 Å². The predicted octanol–water partition coefficient (Wildman–Crippen LogP) is 5.41. The number of para-hydroxylation sites is 1. The van der Waals surface area contributed by atoms with Crippen LogP contribution in [0.4, 0.5) is 11.4 Å². The van der Waals surface area contributed by atoms with Crippen LogP contribution in [-0.4, -0.2) is 29.6 Å². The summed E-state index contributed by atoms with van der Waals surface area (Å²) < 4.78 is 10.4. The van der Waals surface area contributed by atoms with Gasteiger partial charge in [-0.05, 0) is 49.6 Å². The highest BCUT2D eigenvalue weighted by molar-refractivity contribution is 5.99. The summed E-state index contributed by atoms with van der Waals surface area (Å²) in [6, 6.07) is 18.9. The zero-order chi connectivity index (χ0) is 26.5. The fourth-order valence-electron chi connectivity index (χ4n) is 3.61. The van der Waals surface area contributed by atoms with Crippen LogP contribution in [0.1, 0.15) is 48.3 Å². The summed E-state index contributed by atoms with van der Waals surface area (Å²) in [5.74, 6) is -1.56. The van der Waals surface area contributed by atoms with Gasteiger partial charge in [0.1, 0.15) is 11.3 Å². The van der Waals surface area contributed by atoms with Crippen LogP contribution in [-0.2, 0) is 14.3 Å². The molecule has 0 aliphatic rings. The van der Waals surface area contributed by atoms with Crippen molar-refractivity contribution in [1.29, 1.82) is 5.26 Å². The first-order chi connectivity index (χ1) is 17.1. The Hall–Kier alpha value is -4.71. The lowest BCUT2D eigenvalue weighted by Gasteiger charge is -2.26. The summed E-state index contributed by atoms with van der Waals surface area (Å²) in [7, 11) is 1.15. The van der Waals surface area contributed by atoms with Gasteiger partial charge in [-0.15, -0.1) is 0 Å². The molecule has 3 aromatic rings. The number of nitrogens with zero attached hydrogens (tertiary/aromatic N) is 2. The lowest BCUT2D eigenvalue weighted by atomic mass is 9.95. The van der Waals surface area contributed by atoms with Gasteiger partial charge in [-0.3, -0.25) is 10.1 Å². The molecule has 1 N–H and O–H groups in total. The van der Waals surface area contributed by atoms with Gasteiger partial charge in [0.15, 0.2) is 6.04 Å². The van der Waals surface area contributed by atoms with Gasteiger partial charge >= 0.3 is 11.9 Å². The van der Waals surface area contributed by atoms with Crippen molar-refractivity contribution in [3.63, 3.8) is 0 Å². The smallest absolute Gasteiger partial charge is 0.340 e. The molecular weight excluding hydrogens is 462 g/mol. The van der Waals surface area contributed by atoms with Gasteiger partial charge in [0.2, 0.25) is 0 Å². The molecule has 0 saturated carbocycles. The van der Waals surface area contributed by atoms with Gasteiger partial charge in [0, 0.05) is 6.07 Å². The molecule has 0 aliphatic heterocycles. The molecule has 1 atom stereocenters. The van der Waals surface area contributed by atoms with Crippen LogP contribution in [0.25, 0.3) is 11.1 Å². The Kier molecular flexibility index (Phi) is 7.70. The third-order valence-corrected chi connectivity index (χ3v) is 5.16. The SMILES string of the molecule is COC(=O)c1cccc([N+](=O)[O-])c1NC(C(=O)OC(C)(C)C)c1ccc(-c2ccccc2)c(C#N)c1. The van der Waals surface area contributed by atoms with Crippen molar-refractivity contribution in [1.82, 2.24) is 0 Å². The lowest BCUT2D eigenvalue weighted by molar-refractivity contribution is -0.384. The zero-order valence-corrected chi connectivity index (χ0v) is 20.3. The Morgan fingerprint density at radius 1 is 1.06 bits per heavy atom. The number of carbonyl (C=O) groups excluding carboxylic acids is 2. The number of benzene rings is 3. The Morgan fingerprint density at radius 2 is 1.75 bits per heavy atom. The number of hydrogen-bond acceptors (Lipinski definition) is 8. The van der Waals surface area contributed by atoms with Crippen LogP contribution in [0, 0.1) is 21.4 Å². The second-order valence-corrected chi connectivity index (χ2v) is 8.84. The van der Waals surface area contributed by atoms with E-state index in [4.69, 9.17) is 9.47 Å². The van der Waals surface area contributed by atoms with Crippen molar-refractivity contribution < 1.29 is 24.0 Å². The Bertz CT molecular complexity index is 1340. The van der Waals surface area contributed by atoms with E-state index in [1.54, 1.807) is 32.9 Å². The minimum Gasteiger partial charge on any atom is -0.465 e. The molecule has 184 valence electrons. The number of rotatable bonds is 7. The number of carbonyl (C=O) groups is 2. The molecule has 0 heterocycles. The Labute approximate surface area is 208 Å². The molecule has 9 heteroatoms. The first-order valence-corrected chi connectivity index (χ1v) is 11.0. The first-order valence-electron chi connectivity index (χ1n) is 11.0. The molecule has 0 aliphatic carbocycles. The van der Waals surface area contributed by atoms with Crippen molar-refractivity contribution in [2.24, 2.45) is 0 Å². The summed E-state index contributed by atoms with van der Waals surface area (Å²) >= 11 is 0. The predicted molar refractivity (Wildman–Crippen MR) is 133 cm³/mol. The molecule has 1 unspecified atom stereocenters. The Balaban J connectivity index is 2.17. The summed E-state index contributed by atoms with van der Waals surface area (Å²) in [4.78, 5) is 36.8. The van der Waals surface area contributed by atoms with E-state index in [-0.39, 0.29) is 11.3 Å². The highest BCUT2D eigenvalue weighted by atomic mass is 16.6. The van der Waals surface area contributed by atoms with Crippen molar-refractivity contribution in [3.05, 3.63) is 93.5 Å². The van der Waals surface area contributed by atoms with Crippen LogP contribution >= 0.6 is 0 Å². The second-order valence-electron chi connectivity index (χ2n) is 8.84. The van der Waals surface area contributed by atoms with Crippen LogP contribution in [0.15, 0.2) is 66.7 Å². The molecule has 0 fully saturated rings. The third-order valence-electron chi connectivity index (χ3n) is 5.16. The molecule has 0 amide bonds. The average Bonchev–Trinajstić information content (AvgIpc) is 2.85. The van der Waals surface area contributed by atoms with E-state index in [1.165, 1.54) is 24.3 Å². The van der Waals surface area contributed by atoms with Gasteiger partial charge in [-0.2, -0.15) is 5.26 Å². The highest BCUT2D eigenvalue weighted by Crippen LogP contribution is 2.35. The number of methoxy groups -OCH3 is 1. The molecule has 0 radical (unpaired) electrons. The number of ether oxygens (including phenoxy) is 2. The normalized spacial score (nSPS) is 11.6. The topological polar surface area (TPSA) is 132 Å². The number of nitro benzene ring substituents is 1. The van der Waals surface area contributed by atoms with Crippen LogP contribution in [0.5, 0.6) is 0 Å². The van der Waals surface area contributed by atoms with Gasteiger partial charge < -0.3 is 14.8 Å². The van der Waals surface area contributed by atoms with E-state index in [0.717, 1.165) is 12.7 Å². The number of nitrogens with one attached hydrogen (secondary N) is 1. The largest absolute Gasteiger partial charge is 0.465 e. The lowest BCUT2D eigenvalue weighted by Crippen LogP contribution is -2.31. The molecule has 3 aromatic carbocycles. The second kappa shape index (κ2) is 10.7. The van der Waals surface area contributed by atoms with Crippen LogP contribution in [0.2, 0.25) is 0 Å². The van der Waals surface area contributed by atoms with Crippen molar-refractivity contribution in [3.8, 4) is 17.2 Å². The quantitative estimate of drug-likeness (QED) is 0.266. The standard InChI is InChI=1S/C27H25N3O6/c1-27(2,3)36-26(32)23(29-24-21(25(31)35-4)11-8-12-22(24)30(33)34)18-13-14-20(19(15-18)16-28)17-9-6-5-7-10-17/h5-15,23,29H,1-4H3. The van der Waals surface area contributed by atoms with E-state index >= 15 is 0 Å². The summed E-state index contributed by atoms with van der Waals surface area (Å²) in [6.07, 6.45) is 0. The molecule has 0 spiro atoms. The summed E-state index contributed by atoms with van der Waals surface area (Å²) in [5.41, 5.74) is 0.483. The third kappa shape index (κ3) is 5.85. The summed E-state index contributed by atoms with van der Waals surface area (Å²) in [5, 5.41) is 24.4. The zero-order valence-electron chi connectivity index (χ0n) is 20.3. The molecule has 0 aromatic heterocycles. The number of esters is 2. The first kappa shape index (κ1) is 25.9. The van der Waals surface area contributed by atoms with E-state index in [9.17, 15) is 25.0 Å². The Morgan fingerprint density at radius 3 is 2.33 bits per heavy atom. The average molecular weight is 488 g/mol. The fourth-order valence-corrected chi connectivity index (χ4v) is 3.61. The molecule has 9 nitrogen and oxygen atoms in total. The van der Waals surface area contributed by atoms with Crippen LogP contribution < -0.4 is 5.32 Å². The monoisotopic (exact) mass is 487 g/mol. The van der Waals surface area contributed by atoms with Gasteiger partial charge in [-0.25, -0.2) is 9.59 Å². The van der Waals surface area contributed by atoms with Crippen molar-refractivity contribution in [2.45, 2.75) is 32.4 Å². The number of nitriles is 1. The maximum atomic E-state index is 13.3. The van der Waals surface area contributed by atoms with E-state index in [2.05, 4.69) is 11.4 Å². The van der Waals surface area contributed by atoms with Crippen LogP contribution in [0.3, 0.4) is 0 Å². The molecular formula is C27H25N3O6. The highest BCUT2D eigenvalue weighted by Gasteiger charge is 2.32. The number of nitro groups is 1. The van der Waals surface area contributed by atoms with E-state index in [1.807, 2.05) is 30.3 Å². The molecule has 36 heavy (non-hydrogen) atoms. The summed E-state index contributed by atoms with van der Waals surface area (Å²) in [6.45, 7) is 5.06. The van der Waals surface area contributed by atoms with E-state index < -0.39 is 34.2 Å². The van der Waals surface area contributed by atoms with Gasteiger partial charge in [0.05, 0.1) is 29.2 Å². The minimum absolute atomic E-state index is 0.123. The molecule has 0 saturated heterocycles. The van der Waals surface area contributed by atoms with Crippen molar-refractivity contribution >= 4 is 23.3 Å². The number of anilines is 1. The fraction of sp³-hybridized carbons (Fsp3) is 0.222. The minimum atomic E-state index is -1.27.